The summed E-state index contributed by atoms with van der Waals surface area (Å²) >= 11 is 0. The Hall–Kier alpha value is -0.750. The quantitative estimate of drug-likeness (QED) is 0.603. The van der Waals surface area contributed by atoms with Crippen LogP contribution >= 0.6 is 0 Å². The zero-order valence-corrected chi connectivity index (χ0v) is 7.04. The van der Waals surface area contributed by atoms with Gasteiger partial charge in [0.05, 0.1) is 6.54 Å². The van der Waals surface area contributed by atoms with Gasteiger partial charge in [-0.15, -0.1) is 0 Å². The van der Waals surface area contributed by atoms with Crippen LogP contribution in [0.25, 0.3) is 0 Å². The lowest BCUT2D eigenvalue weighted by atomic mass is 10.3. The maximum Gasteiger partial charge on any atom is 0.267 e. The highest BCUT2D eigenvalue weighted by Crippen LogP contribution is 2.26. The van der Waals surface area contributed by atoms with E-state index in [1.54, 1.807) is 0 Å². The van der Waals surface area contributed by atoms with E-state index in [0.29, 0.717) is 0 Å². The van der Waals surface area contributed by atoms with Gasteiger partial charge in [-0.2, -0.15) is 0 Å². The summed E-state index contributed by atoms with van der Waals surface area (Å²) in [6.07, 6.45) is -1.69. The number of halogens is 2. The minimum atomic E-state index is -2.82. The van der Waals surface area contributed by atoms with E-state index in [1.807, 2.05) is 0 Å². The van der Waals surface area contributed by atoms with Crippen LogP contribution in [0.5, 0.6) is 0 Å². The van der Waals surface area contributed by atoms with E-state index in [4.69, 9.17) is 10.8 Å². The molecular weight excluding hydrogens is 182 g/mol. The average Bonchev–Trinajstić information content (AvgIpc) is 2.43. The topological polar surface area (TPSA) is 66.6 Å². The molecule has 0 spiro atoms. The second kappa shape index (κ2) is 3.55. The molecule has 1 rings (SSSR count). The number of aliphatic hydroxyl groups excluding tert-OH is 1. The van der Waals surface area contributed by atoms with Crippen molar-refractivity contribution < 1.29 is 18.7 Å². The van der Waals surface area contributed by atoms with Crippen LogP contribution in [0.15, 0.2) is 0 Å². The molecule has 76 valence electrons. The monoisotopic (exact) mass is 194 g/mol. The predicted octanol–water partition coefficient (Wildman–Crippen LogP) is -0.826. The molecule has 1 unspecified atom stereocenters. The third-order valence-electron chi connectivity index (χ3n) is 1.99. The van der Waals surface area contributed by atoms with Gasteiger partial charge in [0.25, 0.3) is 11.8 Å². The SMILES string of the molecule is NCC(O)C(=O)N1CCC(F)(F)C1. The Labute approximate surface area is 74.3 Å². The molecule has 6 heteroatoms. The van der Waals surface area contributed by atoms with Gasteiger partial charge >= 0.3 is 0 Å². The molecule has 1 amide bonds. The Balaban J connectivity index is 2.51. The zero-order chi connectivity index (χ0) is 10.1. The third-order valence-corrected chi connectivity index (χ3v) is 1.99. The largest absolute Gasteiger partial charge is 0.382 e. The summed E-state index contributed by atoms with van der Waals surface area (Å²) in [5, 5.41) is 9.00. The number of amides is 1. The van der Waals surface area contributed by atoms with Crippen LogP contribution in [0, 0.1) is 0 Å². The number of likely N-dealkylation sites (tertiary alicyclic amines) is 1. The second-order valence-electron chi connectivity index (χ2n) is 3.12. The van der Waals surface area contributed by atoms with Crippen molar-refractivity contribution in [3.05, 3.63) is 0 Å². The molecule has 1 atom stereocenters. The molecule has 0 aromatic heterocycles. The van der Waals surface area contributed by atoms with Crippen molar-refractivity contribution in [2.24, 2.45) is 5.73 Å². The van der Waals surface area contributed by atoms with Crippen molar-refractivity contribution in [3.8, 4) is 0 Å². The van der Waals surface area contributed by atoms with E-state index in [-0.39, 0.29) is 19.5 Å². The molecule has 1 aliphatic rings. The van der Waals surface area contributed by atoms with Crippen LogP contribution in [-0.2, 0) is 4.79 Å². The summed E-state index contributed by atoms with van der Waals surface area (Å²) in [5.41, 5.74) is 5.02. The van der Waals surface area contributed by atoms with E-state index in [1.165, 1.54) is 0 Å². The number of nitrogens with zero attached hydrogens (tertiary/aromatic N) is 1. The standard InChI is InChI=1S/C7H12F2N2O2/c8-7(9)1-2-11(4-7)6(13)5(12)3-10/h5,12H,1-4,10H2. The minimum absolute atomic E-state index is 0.0110. The highest BCUT2D eigenvalue weighted by Gasteiger charge is 2.41. The summed E-state index contributed by atoms with van der Waals surface area (Å²) in [6, 6.07) is 0. The fourth-order valence-corrected chi connectivity index (χ4v) is 1.24. The van der Waals surface area contributed by atoms with Crippen molar-refractivity contribution in [1.29, 1.82) is 0 Å². The number of nitrogens with two attached hydrogens (primary N) is 1. The van der Waals surface area contributed by atoms with Gasteiger partial charge in [-0.3, -0.25) is 4.79 Å². The van der Waals surface area contributed by atoms with Crippen molar-refractivity contribution in [3.63, 3.8) is 0 Å². The maximum atomic E-state index is 12.6. The fourth-order valence-electron chi connectivity index (χ4n) is 1.24. The molecule has 1 aliphatic heterocycles. The summed E-state index contributed by atoms with van der Waals surface area (Å²) in [6.45, 7) is -0.854. The minimum Gasteiger partial charge on any atom is -0.382 e. The van der Waals surface area contributed by atoms with Crippen molar-refractivity contribution in [2.75, 3.05) is 19.6 Å². The normalized spacial score (nSPS) is 23.2. The molecule has 0 aromatic carbocycles. The lowest BCUT2D eigenvalue weighted by Gasteiger charge is -2.18. The van der Waals surface area contributed by atoms with E-state index in [0.717, 1.165) is 4.90 Å². The molecule has 4 nitrogen and oxygen atoms in total. The molecule has 0 saturated carbocycles. The number of hydrogen-bond donors (Lipinski definition) is 2. The van der Waals surface area contributed by atoms with E-state index in [2.05, 4.69) is 0 Å². The Morgan fingerprint density at radius 2 is 2.31 bits per heavy atom. The highest BCUT2D eigenvalue weighted by atomic mass is 19.3. The first kappa shape index (κ1) is 10.3. The average molecular weight is 194 g/mol. The summed E-state index contributed by atoms with van der Waals surface area (Å²) < 4.78 is 25.2. The number of alkyl halides is 2. The summed E-state index contributed by atoms with van der Waals surface area (Å²) in [7, 11) is 0. The van der Waals surface area contributed by atoms with Gasteiger partial charge in [0.2, 0.25) is 0 Å². The first-order valence-electron chi connectivity index (χ1n) is 4.01. The van der Waals surface area contributed by atoms with Gasteiger partial charge in [0.1, 0.15) is 6.10 Å². The van der Waals surface area contributed by atoms with Crippen LogP contribution in [-0.4, -0.2) is 47.6 Å². The van der Waals surface area contributed by atoms with Crippen LogP contribution < -0.4 is 5.73 Å². The Morgan fingerprint density at radius 1 is 1.69 bits per heavy atom. The Bertz CT molecular complexity index is 211. The van der Waals surface area contributed by atoms with E-state index < -0.39 is 24.5 Å². The van der Waals surface area contributed by atoms with Crippen LogP contribution in [0.1, 0.15) is 6.42 Å². The number of carbonyl (C=O) groups excluding carboxylic acids is 1. The lowest BCUT2D eigenvalue weighted by molar-refractivity contribution is -0.140. The molecule has 0 aliphatic carbocycles. The number of aliphatic hydroxyl groups is 1. The van der Waals surface area contributed by atoms with Crippen molar-refractivity contribution in [1.82, 2.24) is 4.90 Å². The smallest absolute Gasteiger partial charge is 0.267 e. The van der Waals surface area contributed by atoms with Crippen LogP contribution in [0.2, 0.25) is 0 Å². The number of carbonyl (C=O) groups is 1. The first-order valence-corrected chi connectivity index (χ1v) is 4.01. The maximum absolute atomic E-state index is 12.6. The molecule has 0 radical (unpaired) electrons. The molecule has 13 heavy (non-hydrogen) atoms. The molecule has 1 heterocycles. The number of hydrogen-bond acceptors (Lipinski definition) is 3. The summed E-state index contributed by atoms with van der Waals surface area (Å²) in [5.74, 6) is -3.52. The number of rotatable bonds is 2. The van der Waals surface area contributed by atoms with Crippen molar-refractivity contribution >= 4 is 5.91 Å². The third kappa shape index (κ3) is 2.35. The fraction of sp³-hybridized carbons (Fsp3) is 0.857. The molecular formula is C7H12F2N2O2. The van der Waals surface area contributed by atoms with Gasteiger partial charge in [0.15, 0.2) is 0 Å². The van der Waals surface area contributed by atoms with Gasteiger partial charge in [-0.25, -0.2) is 8.78 Å². The Morgan fingerprint density at radius 3 is 2.69 bits per heavy atom. The van der Waals surface area contributed by atoms with E-state index >= 15 is 0 Å². The Kier molecular flexibility index (Phi) is 2.82. The van der Waals surface area contributed by atoms with Gasteiger partial charge < -0.3 is 15.7 Å². The summed E-state index contributed by atoms with van der Waals surface area (Å²) in [4.78, 5) is 12.1. The van der Waals surface area contributed by atoms with E-state index in [9.17, 15) is 13.6 Å². The van der Waals surface area contributed by atoms with Crippen molar-refractivity contribution in [2.45, 2.75) is 18.4 Å². The van der Waals surface area contributed by atoms with Crippen LogP contribution in [0.3, 0.4) is 0 Å². The molecule has 3 N–H and O–H groups in total. The molecule has 1 fully saturated rings. The molecule has 0 aromatic rings. The first-order chi connectivity index (χ1) is 5.96. The van der Waals surface area contributed by atoms with Gasteiger partial charge in [-0.05, 0) is 0 Å². The highest BCUT2D eigenvalue weighted by molar-refractivity contribution is 5.81. The predicted molar refractivity (Wildman–Crippen MR) is 41.2 cm³/mol. The van der Waals surface area contributed by atoms with Gasteiger partial charge in [-0.1, -0.05) is 0 Å². The molecule has 0 bridgehead atoms. The zero-order valence-electron chi connectivity index (χ0n) is 7.04. The van der Waals surface area contributed by atoms with Gasteiger partial charge in [0, 0.05) is 19.5 Å². The van der Waals surface area contributed by atoms with Crippen LogP contribution in [0.4, 0.5) is 8.78 Å². The lowest BCUT2D eigenvalue weighted by Crippen LogP contribution is -2.42. The second-order valence-corrected chi connectivity index (χ2v) is 3.12. The molecule has 1 saturated heterocycles.